The van der Waals surface area contributed by atoms with Crippen LogP contribution in [-0.2, 0) is 22.7 Å². The first-order valence-electron chi connectivity index (χ1n) is 11.6. The molecule has 0 N–H and O–H groups in total. The van der Waals surface area contributed by atoms with Crippen molar-refractivity contribution in [1.82, 2.24) is 9.88 Å². The Balaban J connectivity index is 1.39. The lowest BCUT2D eigenvalue weighted by Gasteiger charge is -2.40. The van der Waals surface area contributed by atoms with Gasteiger partial charge in [-0.3, -0.25) is 9.69 Å². The van der Waals surface area contributed by atoms with Crippen molar-refractivity contribution in [3.05, 3.63) is 58.8 Å². The SMILES string of the molecule is CCOC(=O)C1(CC)CCCN(Cc2cccc(OCc3nc(-c4cccs4)oc3C)c2)C1. The molecule has 176 valence electrons. The van der Waals surface area contributed by atoms with Gasteiger partial charge in [0.2, 0.25) is 5.89 Å². The molecule has 0 saturated carbocycles. The molecule has 1 aromatic carbocycles. The van der Waals surface area contributed by atoms with Gasteiger partial charge in [-0.2, -0.15) is 0 Å². The number of benzene rings is 1. The van der Waals surface area contributed by atoms with Gasteiger partial charge in [-0.25, -0.2) is 4.98 Å². The van der Waals surface area contributed by atoms with Gasteiger partial charge in [0.15, 0.2) is 0 Å². The van der Waals surface area contributed by atoms with E-state index in [1.807, 2.05) is 43.5 Å². The third kappa shape index (κ3) is 5.47. The van der Waals surface area contributed by atoms with Crippen molar-refractivity contribution in [3.8, 4) is 16.5 Å². The lowest BCUT2D eigenvalue weighted by molar-refractivity contribution is -0.159. The first-order chi connectivity index (χ1) is 16.0. The van der Waals surface area contributed by atoms with Gasteiger partial charge in [-0.1, -0.05) is 25.1 Å². The van der Waals surface area contributed by atoms with Gasteiger partial charge in [0.25, 0.3) is 0 Å². The van der Waals surface area contributed by atoms with Gasteiger partial charge in [-0.05, 0) is 68.8 Å². The molecule has 6 nitrogen and oxygen atoms in total. The van der Waals surface area contributed by atoms with Crippen molar-refractivity contribution >= 4 is 17.3 Å². The number of aryl methyl sites for hydroxylation is 1. The molecular formula is C26H32N2O4S. The smallest absolute Gasteiger partial charge is 0.313 e. The topological polar surface area (TPSA) is 64.8 Å². The number of hydrogen-bond acceptors (Lipinski definition) is 7. The Hall–Kier alpha value is -2.64. The first-order valence-corrected chi connectivity index (χ1v) is 12.5. The summed E-state index contributed by atoms with van der Waals surface area (Å²) >= 11 is 1.61. The summed E-state index contributed by atoms with van der Waals surface area (Å²) in [6, 6.07) is 12.1. The Bertz CT molecular complexity index is 1060. The number of nitrogens with zero attached hydrogens (tertiary/aromatic N) is 2. The molecule has 1 atom stereocenters. The standard InChI is InChI=1S/C26H32N2O4S/c1-4-26(25(29)30-5-2)12-8-13-28(18-26)16-20-9-6-10-21(15-20)31-17-22-19(3)32-24(27-22)23-11-7-14-33-23/h6-7,9-11,14-15H,4-5,8,12-13,16-18H2,1-3H3. The van der Waals surface area contributed by atoms with E-state index in [0.29, 0.717) is 19.1 Å². The first kappa shape index (κ1) is 23.5. The molecule has 1 unspecified atom stereocenters. The van der Waals surface area contributed by atoms with Crippen LogP contribution >= 0.6 is 11.3 Å². The van der Waals surface area contributed by atoms with E-state index >= 15 is 0 Å². The van der Waals surface area contributed by atoms with E-state index in [9.17, 15) is 4.79 Å². The summed E-state index contributed by atoms with van der Waals surface area (Å²) in [5.74, 6) is 2.16. The summed E-state index contributed by atoms with van der Waals surface area (Å²) in [7, 11) is 0. The zero-order chi connectivity index (χ0) is 23.3. The monoisotopic (exact) mass is 468 g/mol. The van der Waals surface area contributed by atoms with E-state index < -0.39 is 5.41 Å². The van der Waals surface area contributed by atoms with Crippen molar-refractivity contribution in [3.63, 3.8) is 0 Å². The minimum absolute atomic E-state index is 0.0563. The molecule has 4 rings (SSSR count). The fourth-order valence-corrected chi connectivity index (χ4v) is 5.11. The van der Waals surface area contributed by atoms with Gasteiger partial charge in [-0.15, -0.1) is 11.3 Å². The Morgan fingerprint density at radius 3 is 2.91 bits per heavy atom. The van der Waals surface area contributed by atoms with Gasteiger partial charge in [0.05, 0.1) is 16.9 Å². The number of ether oxygens (including phenoxy) is 2. The maximum Gasteiger partial charge on any atom is 0.313 e. The van der Waals surface area contributed by atoms with Crippen LogP contribution in [-0.4, -0.2) is 35.5 Å². The summed E-state index contributed by atoms with van der Waals surface area (Å²) in [5, 5.41) is 2.01. The summed E-state index contributed by atoms with van der Waals surface area (Å²) in [6.45, 7) is 9.16. The Kier molecular flexibility index (Phi) is 7.50. The number of rotatable bonds is 9. The van der Waals surface area contributed by atoms with E-state index in [2.05, 4.69) is 28.9 Å². The van der Waals surface area contributed by atoms with E-state index in [-0.39, 0.29) is 5.97 Å². The Morgan fingerprint density at radius 2 is 2.15 bits per heavy atom. The molecule has 3 aromatic rings. The summed E-state index contributed by atoms with van der Waals surface area (Å²) < 4.78 is 17.3. The van der Waals surface area contributed by atoms with E-state index in [0.717, 1.165) is 61.0 Å². The maximum atomic E-state index is 12.6. The molecule has 1 fully saturated rings. The number of carbonyl (C=O) groups excluding carboxylic acids is 1. The van der Waals surface area contributed by atoms with Crippen LogP contribution in [0.15, 0.2) is 46.2 Å². The highest BCUT2D eigenvalue weighted by molar-refractivity contribution is 7.13. The van der Waals surface area contributed by atoms with Gasteiger partial charge < -0.3 is 13.9 Å². The molecule has 1 saturated heterocycles. The molecule has 1 aliphatic heterocycles. The number of thiophene rings is 1. The second-order valence-electron chi connectivity index (χ2n) is 8.60. The third-order valence-corrected chi connectivity index (χ3v) is 7.20. The summed E-state index contributed by atoms with van der Waals surface area (Å²) in [5.41, 5.74) is 1.58. The van der Waals surface area contributed by atoms with Crippen molar-refractivity contribution in [2.45, 2.75) is 53.2 Å². The fourth-order valence-electron chi connectivity index (χ4n) is 4.46. The highest BCUT2D eigenvalue weighted by atomic mass is 32.1. The highest BCUT2D eigenvalue weighted by Gasteiger charge is 2.41. The zero-order valence-electron chi connectivity index (χ0n) is 19.6. The van der Waals surface area contributed by atoms with Crippen LogP contribution in [0.1, 0.15) is 50.1 Å². The molecule has 1 aliphatic rings. The number of oxazole rings is 1. The molecule has 0 aliphatic carbocycles. The quantitative estimate of drug-likeness (QED) is 0.367. The average Bonchev–Trinajstić information content (AvgIpc) is 3.48. The van der Waals surface area contributed by atoms with Crippen LogP contribution in [0.2, 0.25) is 0 Å². The van der Waals surface area contributed by atoms with Crippen LogP contribution < -0.4 is 4.74 Å². The molecule has 33 heavy (non-hydrogen) atoms. The van der Waals surface area contributed by atoms with E-state index in [4.69, 9.17) is 13.9 Å². The van der Waals surface area contributed by atoms with E-state index in [1.165, 1.54) is 5.56 Å². The average molecular weight is 469 g/mol. The number of piperidine rings is 1. The minimum atomic E-state index is -0.396. The predicted molar refractivity (Wildman–Crippen MR) is 129 cm³/mol. The van der Waals surface area contributed by atoms with Crippen molar-refractivity contribution in [2.75, 3.05) is 19.7 Å². The fraction of sp³-hybridized carbons (Fsp3) is 0.462. The maximum absolute atomic E-state index is 12.6. The largest absolute Gasteiger partial charge is 0.487 e. The van der Waals surface area contributed by atoms with Crippen LogP contribution in [0.5, 0.6) is 5.75 Å². The van der Waals surface area contributed by atoms with Gasteiger partial charge in [0.1, 0.15) is 23.8 Å². The van der Waals surface area contributed by atoms with Crippen molar-refractivity contribution < 1.29 is 18.7 Å². The molecule has 7 heteroatoms. The van der Waals surface area contributed by atoms with Crippen LogP contribution in [0, 0.1) is 12.3 Å². The van der Waals surface area contributed by atoms with Crippen LogP contribution in [0.4, 0.5) is 0 Å². The number of esters is 1. The van der Waals surface area contributed by atoms with Gasteiger partial charge >= 0.3 is 5.97 Å². The second-order valence-corrected chi connectivity index (χ2v) is 9.55. The zero-order valence-corrected chi connectivity index (χ0v) is 20.5. The van der Waals surface area contributed by atoms with Crippen molar-refractivity contribution in [2.24, 2.45) is 5.41 Å². The lowest BCUT2D eigenvalue weighted by Crippen LogP contribution is -2.47. The predicted octanol–water partition coefficient (Wildman–Crippen LogP) is 5.85. The van der Waals surface area contributed by atoms with Crippen molar-refractivity contribution in [1.29, 1.82) is 0 Å². The molecular weight excluding hydrogens is 436 g/mol. The second kappa shape index (κ2) is 10.5. The molecule has 0 amide bonds. The molecule has 0 bridgehead atoms. The molecule has 3 heterocycles. The molecule has 0 radical (unpaired) electrons. The highest BCUT2D eigenvalue weighted by Crippen LogP contribution is 2.35. The summed E-state index contributed by atoms with van der Waals surface area (Å²) in [4.78, 5) is 20.6. The van der Waals surface area contributed by atoms with Crippen LogP contribution in [0.25, 0.3) is 10.8 Å². The minimum Gasteiger partial charge on any atom is -0.487 e. The number of likely N-dealkylation sites (tertiary alicyclic amines) is 1. The van der Waals surface area contributed by atoms with E-state index in [1.54, 1.807) is 11.3 Å². The lowest BCUT2D eigenvalue weighted by atomic mass is 9.77. The Labute approximate surface area is 199 Å². The number of aromatic nitrogens is 1. The number of carbonyl (C=O) groups is 1. The van der Waals surface area contributed by atoms with Gasteiger partial charge in [0, 0.05) is 13.1 Å². The third-order valence-electron chi connectivity index (χ3n) is 6.35. The van der Waals surface area contributed by atoms with Crippen LogP contribution in [0.3, 0.4) is 0 Å². The molecule has 0 spiro atoms. The Morgan fingerprint density at radius 1 is 1.27 bits per heavy atom. The summed E-state index contributed by atoms with van der Waals surface area (Å²) in [6.07, 6.45) is 2.70. The molecule has 2 aromatic heterocycles. The normalized spacial score (nSPS) is 18.9. The number of hydrogen-bond donors (Lipinski definition) is 0.